The van der Waals surface area contributed by atoms with E-state index in [0.717, 1.165) is 18.7 Å². The lowest BCUT2D eigenvalue weighted by molar-refractivity contribution is 0.457. The van der Waals surface area contributed by atoms with E-state index >= 15 is 0 Å². The Labute approximate surface area is 81.6 Å². The van der Waals surface area contributed by atoms with E-state index < -0.39 is 0 Å². The first-order valence-corrected chi connectivity index (χ1v) is 5.16. The fourth-order valence-electron chi connectivity index (χ4n) is 1.97. The van der Waals surface area contributed by atoms with Crippen molar-refractivity contribution in [3.05, 3.63) is 0 Å². The summed E-state index contributed by atoms with van der Waals surface area (Å²) >= 11 is 0. The fraction of sp³-hybridized carbons (Fsp3) is 0.909. The van der Waals surface area contributed by atoms with Gasteiger partial charge in [-0.1, -0.05) is 34.6 Å². The van der Waals surface area contributed by atoms with Gasteiger partial charge in [0.15, 0.2) is 0 Å². The highest BCUT2D eigenvalue weighted by Gasteiger charge is 2.65. The summed E-state index contributed by atoms with van der Waals surface area (Å²) in [5.41, 5.74) is 6.47. The molecule has 0 unspecified atom stereocenters. The van der Waals surface area contributed by atoms with Crippen molar-refractivity contribution >= 4 is 5.84 Å². The molecule has 0 saturated heterocycles. The minimum absolute atomic E-state index is 0.325. The Hall–Kier alpha value is -0.530. The van der Waals surface area contributed by atoms with Gasteiger partial charge in [-0.15, -0.1) is 0 Å². The van der Waals surface area contributed by atoms with E-state index in [1.807, 2.05) is 0 Å². The molecule has 0 aromatic heterocycles. The Kier molecular flexibility index (Phi) is 2.44. The summed E-state index contributed by atoms with van der Waals surface area (Å²) < 4.78 is 0. The average molecular weight is 182 g/mol. The molecule has 1 aliphatic rings. The summed E-state index contributed by atoms with van der Waals surface area (Å²) in [4.78, 5) is 4.58. The van der Waals surface area contributed by atoms with E-state index in [4.69, 9.17) is 5.73 Å². The van der Waals surface area contributed by atoms with E-state index in [-0.39, 0.29) is 0 Å². The predicted molar refractivity (Wildman–Crippen MR) is 57.9 cm³/mol. The van der Waals surface area contributed by atoms with Crippen molar-refractivity contribution in [2.24, 2.45) is 21.6 Å². The average Bonchev–Trinajstić information content (AvgIpc) is 2.33. The zero-order valence-electron chi connectivity index (χ0n) is 9.52. The van der Waals surface area contributed by atoms with Crippen molar-refractivity contribution < 1.29 is 0 Å². The molecule has 13 heavy (non-hydrogen) atoms. The van der Waals surface area contributed by atoms with E-state index in [0.29, 0.717) is 16.9 Å². The molecule has 2 N–H and O–H groups in total. The van der Waals surface area contributed by atoms with E-state index in [1.54, 1.807) is 0 Å². The van der Waals surface area contributed by atoms with Crippen molar-refractivity contribution in [2.75, 3.05) is 0 Å². The summed E-state index contributed by atoms with van der Waals surface area (Å²) in [6.45, 7) is 11.2. The Morgan fingerprint density at radius 2 is 1.69 bits per heavy atom. The summed E-state index contributed by atoms with van der Waals surface area (Å²) in [6, 6.07) is 0.423. The summed E-state index contributed by atoms with van der Waals surface area (Å²) in [5.74, 6) is 0.825. The van der Waals surface area contributed by atoms with Crippen LogP contribution in [-0.2, 0) is 0 Å². The van der Waals surface area contributed by atoms with Crippen molar-refractivity contribution in [1.82, 2.24) is 0 Å². The Bertz CT molecular complexity index is 212. The maximum absolute atomic E-state index is 5.82. The van der Waals surface area contributed by atoms with Crippen LogP contribution < -0.4 is 5.73 Å². The van der Waals surface area contributed by atoms with Crippen molar-refractivity contribution in [3.63, 3.8) is 0 Å². The summed E-state index contributed by atoms with van der Waals surface area (Å²) in [6.07, 6.45) is 2.02. The highest BCUT2D eigenvalue weighted by molar-refractivity contribution is 5.80. The minimum Gasteiger partial charge on any atom is -0.387 e. The molecule has 0 aromatic carbocycles. The molecule has 2 nitrogen and oxygen atoms in total. The number of hydrogen-bond acceptors (Lipinski definition) is 1. The maximum atomic E-state index is 5.82. The highest BCUT2D eigenvalue weighted by Crippen LogP contribution is 2.64. The highest BCUT2D eigenvalue weighted by atomic mass is 15.0. The molecule has 0 spiro atoms. The SMILES string of the molecule is CCCC(N)=NC1C(C)(C)C1(C)C. The van der Waals surface area contributed by atoms with Gasteiger partial charge in [0.05, 0.1) is 11.9 Å². The topological polar surface area (TPSA) is 38.4 Å². The molecule has 0 atom stereocenters. The molecule has 76 valence electrons. The van der Waals surface area contributed by atoms with Crippen LogP contribution in [0.25, 0.3) is 0 Å². The van der Waals surface area contributed by atoms with Gasteiger partial charge >= 0.3 is 0 Å². The Morgan fingerprint density at radius 3 is 2.00 bits per heavy atom. The van der Waals surface area contributed by atoms with Gasteiger partial charge in [0.2, 0.25) is 0 Å². The number of nitrogens with two attached hydrogens (primary N) is 1. The number of hydrogen-bond donors (Lipinski definition) is 1. The molecule has 0 bridgehead atoms. The van der Waals surface area contributed by atoms with Crippen molar-refractivity contribution in [1.29, 1.82) is 0 Å². The van der Waals surface area contributed by atoms with Crippen LogP contribution in [0.15, 0.2) is 4.99 Å². The van der Waals surface area contributed by atoms with Crippen LogP contribution in [-0.4, -0.2) is 11.9 Å². The number of rotatable bonds is 3. The lowest BCUT2D eigenvalue weighted by Crippen LogP contribution is -2.13. The molecule has 0 aromatic rings. The number of nitrogens with zero attached hydrogens (tertiary/aromatic N) is 1. The number of aliphatic imine (C=N–C) groups is 1. The molecule has 1 fully saturated rings. The molecule has 1 rings (SSSR count). The van der Waals surface area contributed by atoms with Gasteiger partial charge in [-0.3, -0.25) is 4.99 Å². The monoisotopic (exact) mass is 182 g/mol. The predicted octanol–water partition coefficient (Wildman–Crippen LogP) is 2.58. The van der Waals surface area contributed by atoms with E-state index in [2.05, 4.69) is 39.6 Å². The van der Waals surface area contributed by atoms with Gasteiger partial charge in [-0.25, -0.2) is 0 Å². The third-order valence-electron chi connectivity index (χ3n) is 3.75. The quantitative estimate of drug-likeness (QED) is 0.528. The maximum Gasteiger partial charge on any atom is 0.0940 e. The minimum atomic E-state index is 0.325. The smallest absolute Gasteiger partial charge is 0.0940 e. The fourth-order valence-corrected chi connectivity index (χ4v) is 1.97. The first-order valence-electron chi connectivity index (χ1n) is 5.16. The van der Waals surface area contributed by atoms with Crippen molar-refractivity contribution in [3.8, 4) is 0 Å². The molecule has 1 aliphatic carbocycles. The van der Waals surface area contributed by atoms with Crippen LogP contribution >= 0.6 is 0 Å². The largest absolute Gasteiger partial charge is 0.387 e. The van der Waals surface area contributed by atoms with Crippen LogP contribution in [0.1, 0.15) is 47.5 Å². The van der Waals surface area contributed by atoms with Crippen LogP contribution in [0.3, 0.4) is 0 Å². The Balaban J connectivity index is 2.64. The number of amidine groups is 1. The first kappa shape index (κ1) is 10.6. The summed E-state index contributed by atoms with van der Waals surface area (Å²) in [7, 11) is 0. The van der Waals surface area contributed by atoms with E-state index in [1.165, 1.54) is 0 Å². The lowest BCUT2D eigenvalue weighted by Gasteiger charge is -2.02. The van der Waals surface area contributed by atoms with E-state index in [9.17, 15) is 0 Å². The molecule has 2 heteroatoms. The van der Waals surface area contributed by atoms with Crippen LogP contribution in [0.2, 0.25) is 0 Å². The van der Waals surface area contributed by atoms with Gasteiger partial charge in [-0.05, 0) is 17.3 Å². The van der Waals surface area contributed by atoms with Gasteiger partial charge in [0, 0.05) is 6.42 Å². The molecule has 0 radical (unpaired) electrons. The molecule has 1 saturated carbocycles. The van der Waals surface area contributed by atoms with Crippen molar-refractivity contribution in [2.45, 2.75) is 53.5 Å². The van der Waals surface area contributed by atoms with Crippen LogP contribution in [0.5, 0.6) is 0 Å². The standard InChI is InChI=1S/C11H22N2/c1-6-7-8(12)13-9-10(2,3)11(9,4)5/h9H,6-7H2,1-5H3,(H2,12,13). The van der Waals surface area contributed by atoms with Gasteiger partial charge < -0.3 is 5.73 Å². The molecule has 0 aliphatic heterocycles. The molecular formula is C11H22N2. The molecular weight excluding hydrogens is 160 g/mol. The molecule has 0 heterocycles. The second-order valence-electron chi connectivity index (χ2n) is 5.22. The summed E-state index contributed by atoms with van der Waals surface area (Å²) in [5, 5.41) is 0. The van der Waals surface area contributed by atoms with Gasteiger partial charge in [-0.2, -0.15) is 0 Å². The zero-order chi connectivity index (χ0) is 10.3. The van der Waals surface area contributed by atoms with Gasteiger partial charge in [0.1, 0.15) is 0 Å². The third-order valence-corrected chi connectivity index (χ3v) is 3.75. The first-order chi connectivity index (χ1) is 5.84. The van der Waals surface area contributed by atoms with Crippen LogP contribution in [0, 0.1) is 10.8 Å². The third kappa shape index (κ3) is 1.59. The van der Waals surface area contributed by atoms with Crippen LogP contribution in [0.4, 0.5) is 0 Å². The van der Waals surface area contributed by atoms with Gasteiger partial charge in [0.25, 0.3) is 0 Å². The normalized spacial score (nSPS) is 26.1. The molecule has 0 amide bonds. The second-order valence-corrected chi connectivity index (χ2v) is 5.22. The second kappa shape index (κ2) is 3.00. The lowest BCUT2D eigenvalue weighted by atomic mass is 10.0. The zero-order valence-corrected chi connectivity index (χ0v) is 9.52. The Morgan fingerprint density at radius 1 is 1.23 bits per heavy atom.